The maximum atomic E-state index is 13.3. The van der Waals surface area contributed by atoms with E-state index < -0.39 is 0 Å². The van der Waals surface area contributed by atoms with E-state index in [1.54, 1.807) is 0 Å². The van der Waals surface area contributed by atoms with Crippen molar-refractivity contribution in [2.45, 2.75) is 44.9 Å². The molecule has 0 radical (unpaired) electrons. The molecule has 2 amide bonds. The highest BCUT2D eigenvalue weighted by Crippen LogP contribution is 2.45. The minimum absolute atomic E-state index is 0.135. The molecule has 3 heterocycles. The first kappa shape index (κ1) is 18.2. The number of fused-ring (bicyclic) bond motifs is 1. The largest absolute Gasteiger partial charge is 0.342 e. The molecule has 4 aliphatic rings. The number of piperidine rings is 1. The Kier molecular flexibility index (Phi) is 5.50. The van der Waals surface area contributed by atoms with Crippen molar-refractivity contribution in [2.75, 3.05) is 58.9 Å². The summed E-state index contributed by atoms with van der Waals surface area (Å²) in [7, 11) is 0. The van der Waals surface area contributed by atoms with E-state index in [0.717, 1.165) is 71.6 Å². The number of hydrogen-bond donors (Lipinski definition) is 1. The summed E-state index contributed by atoms with van der Waals surface area (Å²) in [6, 6.07) is 0. The second-order valence-electron chi connectivity index (χ2n) is 8.74. The maximum absolute atomic E-state index is 13.3. The lowest BCUT2D eigenvalue weighted by Gasteiger charge is -2.43. The van der Waals surface area contributed by atoms with Gasteiger partial charge in [0.05, 0.1) is 12.0 Å². The van der Waals surface area contributed by atoms with Crippen molar-refractivity contribution in [3.8, 4) is 0 Å². The van der Waals surface area contributed by atoms with E-state index in [0.29, 0.717) is 18.4 Å². The number of amides is 2. The lowest BCUT2D eigenvalue weighted by molar-refractivity contribution is -0.147. The van der Waals surface area contributed by atoms with E-state index in [1.165, 1.54) is 25.7 Å². The Morgan fingerprint density at radius 3 is 2.42 bits per heavy atom. The summed E-state index contributed by atoms with van der Waals surface area (Å²) in [5.41, 5.74) is -0.135. The molecule has 1 saturated carbocycles. The molecule has 146 valence electrons. The number of piperazine rings is 1. The monoisotopic (exact) mass is 362 g/mol. The van der Waals surface area contributed by atoms with Crippen molar-refractivity contribution in [2.24, 2.45) is 11.3 Å². The first-order chi connectivity index (χ1) is 12.7. The van der Waals surface area contributed by atoms with Crippen LogP contribution < -0.4 is 5.32 Å². The third-order valence-electron chi connectivity index (χ3n) is 7.19. The molecule has 0 spiro atoms. The molecule has 0 aromatic rings. The number of nitrogens with zero attached hydrogens (tertiary/aromatic N) is 3. The predicted molar refractivity (Wildman–Crippen MR) is 101 cm³/mol. The zero-order valence-electron chi connectivity index (χ0n) is 16.0. The standard InChI is InChI=1S/C20H34N4O2/c25-18(23-8-4-1-5-9-23)15-22-10-12-24(13-11-22)19(26)20-7-3-2-6-17(20)14-21-16-20/h17,21H,1-16H2/t17-,20+/m0/s1. The average molecular weight is 363 g/mol. The van der Waals surface area contributed by atoms with Crippen LogP contribution in [0.1, 0.15) is 44.9 Å². The van der Waals surface area contributed by atoms with Crippen LogP contribution in [-0.4, -0.2) is 85.4 Å². The van der Waals surface area contributed by atoms with Crippen LogP contribution >= 0.6 is 0 Å². The molecule has 3 aliphatic heterocycles. The van der Waals surface area contributed by atoms with Crippen LogP contribution in [0.15, 0.2) is 0 Å². The van der Waals surface area contributed by atoms with Gasteiger partial charge >= 0.3 is 0 Å². The lowest BCUT2D eigenvalue weighted by atomic mass is 9.67. The van der Waals surface area contributed by atoms with Gasteiger partial charge in [-0.1, -0.05) is 12.8 Å². The Morgan fingerprint density at radius 2 is 1.65 bits per heavy atom. The smallest absolute Gasteiger partial charge is 0.236 e. The van der Waals surface area contributed by atoms with Gasteiger partial charge in [0.2, 0.25) is 11.8 Å². The van der Waals surface area contributed by atoms with E-state index in [1.807, 2.05) is 4.90 Å². The van der Waals surface area contributed by atoms with E-state index in [-0.39, 0.29) is 11.3 Å². The quantitative estimate of drug-likeness (QED) is 0.811. The summed E-state index contributed by atoms with van der Waals surface area (Å²) in [4.78, 5) is 32.2. The molecule has 4 fully saturated rings. The topological polar surface area (TPSA) is 55.9 Å². The number of rotatable bonds is 3. The van der Waals surface area contributed by atoms with Crippen molar-refractivity contribution in [3.05, 3.63) is 0 Å². The summed E-state index contributed by atoms with van der Waals surface area (Å²) < 4.78 is 0. The third kappa shape index (κ3) is 3.50. The number of hydrogen-bond acceptors (Lipinski definition) is 4. The van der Waals surface area contributed by atoms with Gasteiger partial charge in [-0.3, -0.25) is 14.5 Å². The molecule has 0 unspecified atom stereocenters. The highest BCUT2D eigenvalue weighted by Gasteiger charge is 2.51. The van der Waals surface area contributed by atoms with Crippen molar-refractivity contribution < 1.29 is 9.59 Å². The summed E-state index contributed by atoms with van der Waals surface area (Å²) >= 11 is 0. The van der Waals surface area contributed by atoms with Crippen LogP contribution in [0, 0.1) is 11.3 Å². The Hall–Kier alpha value is -1.14. The molecule has 2 atom stereocenters. The van der Waals surface area contributed by atoms with Crippen LogP contribution in [0.25, 0.3) is 0 Å². The third-order valence-corrected chi connectivity index (χ3v) is 7.19. The van der Waals surface area contributed by atoms with Crippen LogP contribution in [-0.2, 0) is 9.59 Å². The SMILES string of the molecule is O=C(CN1CCN(C(=O)[C@@]23CCCC[C@H]2CNC3)CC1)N1CCCCC1. The Morgan fingerprint density at radius 1 is 0.885 bits per heavy atom. The molecular weight excluding hydrogens is 328 g/mol. The predicted octanol–water partition coefficient (Wildman–Crippen LogP) is 0.923. The van der Waals surface area contributed by atoms with Gasteiger partial charge in [-0.2, -0.15) is 0 Å². The second-order valence-corrected chi connectivity index (χ2v) is 8.74. The van der Waals surface area contributed by atoms with Gasteiger partial charge in [-0.15, -0.1) is 0 Å². The molecular formula is C20H34N4O2. The van der Waals surface area contributed by atoms with E-state index in [9.17, 15) is 9.59 Å². The number of nitrogens with one attached hydrogen (secondary N) is 1. The van der Waals surface area contributed by atoms with Gasteiger partial charge in [-0.05, 0) is 44.6 Å². The van der Waals surface area contributed by atoms with Crippen molar-refractivity contribution >= 4 is 11.8 Å². The summed E-state index contributed by atoms with van der Waals surface area (Å²) in [6.45, 7) is 7.47. The summed E-state index contributed by atoms with van der Waals surface area (Å²) in [5, 5.41) is 3.49. The van der Waals surface area contributed by atoms with Crippen LogP contribution in [0.4, 0.5) is 0 Å². The van der Waals surface area contributed by atoms with Crippen molar-refractivity contribution in [3.63, 3.8) is 0 Å². The van der Waals surface area contributed by atoms with Gasteiger partial charge in [0.25, 0.3) is 0 Å². The minimum atomic E-state index is -0.135. The first-order valence-electron chi connectivity index (χ1n) is 10.7. The molecule has 1 N–H and O–H groups in total. The Balaban J connectivity index is 1.29. The van der Waals surface area contributed by atoms with Gasteiger partial charge in [0, 0.05) is 45.8 Å². The minimum Gasteiger partial charge on any atom is -0.342 e. The van der Waals surface area contributed by atoms with Gasteiger partial charge in [-0.25, -0.2) is 0 Å². The highest BCUT2D eigenvalue weighted by molar-refractivity contribution is 5.84. The normalized spacial score (nSPS) is 33.2. The average Bonchev–Trinajstić information content (AvgIpc) is 3.14. The summed E-state index contributed by atoms with van der Waals surface area (Å²) in [5.74, 6) is 1.19. The summed E-state index contributed by atoms with van der Waals surface area (Å²) in [6.07, 6.45) is 8.25. The zero-order chi connectivity index (χ0) is 18.0. The molecule has 3 saturated heterocycles. The van der Waals surface area contributed by atoms with Gasteiger partial charge in [0.15, 0.2) is 0 Å². The molecule has 1 aliphatic carbocycles. The molecule has 6 heteroatoms. The lowest BCUT2D eigenvalue weighted by Crippen LogP contribution is -2.57. The number of likely N-dealkylation sites (tertiary alicyclic amines) is 1. The maximum Gasteiger partial charge on any atom is 0.236 e. The number of carbonyl (C=O) groups excluding carboxylic acids is 2. The van der Waals surface area contributed by atoms with Gasteiger partial charge < -0.3 is 15.1 Å². The molecule has 26 heavy (non-hydrogen) atoms. The number of carbonyl (C=O) groups is 2. The molecule has 4 rings (SSSR count). The first-order valence-corrected chi connectivity index (χ1v) is 10.7. The zero-order valence-corrected chi connectivity index (χ0v) is 16.0. The van der Waals surface area contributed by atoms with Gasteiger partial charge in [0.1, 0.15) is 0 Å². The van der Waals surface area contributed by atoms with E-state index in [4.69, 9.17) is 0 Å². The van der Waals surface area contributed by atoms with Crippen LogP contribution in [0.2, 0.25) is 0 Å². The second kappa shape index (κ2) is 7.85. The van der Waals surface area contributed by atoms with Crippen molar-refractivity contribution in [1.29, 1.82) is 0 Å². The Bertz CT molecular complexity index is 526. The fraction of sp³-hybridized carbons (Fsp3) is 0.900. The van der Waals surface area contributed by atoms with Crippen LogP contribution in [0.3, 0.4) is 0 Å². The van der Waals surface area contributed by atoms with Crippen LogP contribution in [0.5, 0.6) is 0 Å². The molecule has 6 nitrogen and oxygen atoms in total. The fourth-order valence-electron chi connectivity index (χ4n) is 5.53. The van der Waals surface area contributed by atoms with E-state index >= 15 is 0 Å². The van der Waals surface area contributed by atoms with Crippen molar-refractivity contribution in [1.82, 2.24) is 20.0 Å². The Labute approximate surface area is 157 Å². The molecule has 0 bridgehead atoms. The fourth-order valence-corrected chi connectivity index (χ4v) is 5.53. The molecule has 0 aromatic heterocycles. The highest BCUT2D eigenvalue weighted by atomic mass is 16.2. The molecule has 0 aromatic carbocycles. The van der Waals surface area contributed by atoms with E-state index in [2.05, 4.69) is 15.1 Å².